The monoisotopic (exact) mass is 422 g/mol. The van der Waals surface area contributed by atoms with Crippen molar-refractivity contribution in [1.82, 2.24) is 9.47 Å². The normalized spacial score (nSPS) is 12.0. The lowest BCUT2D eigenvalue weighted by Gasteiger charge is -2.28. The molecule has 0 fully saturated rings. The number of hydrogen-bond acceptors (Lipinski definition) is 2. The maximum absolute atomic E-state index is 13.5. The van der Waals surface area contributed by atoms with E-state index in [-0.39, 0.29) is 17.6 Å². The van der Waals surface area contributed by atoms with Crippen LogP contribution in [0.5, 0.6) is 0 Å². The molecule has 5 heteroatoms. The molecule has 31 heavy (non-hydrogen) atoms. The molecule has 1 atom stereocenters. The number of carbonyl (C=O) groups is 1. The molecule has 1 heterocycles. The Morgan fingerprint density at radius 1 is 1.06 bits per heavy atom. The van der Waals surface area contributed by atoms with Crippen LogP contribution in [0.2, 0.25) is 0 Å². The molecule has 0 saturated carbocycles. The summed E-state index contributed by atoms with van der Waals surface area (Å²) in [6, 6.07) is 20.6. The van der Waals surface area contributed by atoms with Crippen LogP contribution < -0.4 is 0 Å². The van der Waals surface area contributed by atoms with Crippen LogP contribution in [-0.2, 0) is 22.6 Å². The first kappa shape index (κ1) is 22.8. The van der Waals surface area contributed by atoms with Crippen molar-refractivity contribution in [3.63, 3.8) is 0 Å². The van der Waals surface area contributed by atoms with Gasteiger partial charge in [0, 0.05) is 38.7 Å². The highest BCUT2D eigenvalue weighted by atomic mass is 19.1. The SMILES string of the molecule is CC[C@@H](C(=O)N(CCCOC)Cc1cccn1Cc1ccc(F)cc1)c1ccccc1. The molecule has 0 bridgehead atoms. The number of methoxy groups -OCH3 is 1. The molecule has 164 valence electrons. The highest BCUT2D eigenvalue weighted by Crippen LogP contribution is 2.23. The van der Waals surface area contributed by atoms with Gasteiger partial charge in [0.1, 0.15) is 5.82 Å². The average molecular weight is 423 g/mol. The fourth-order valence-electron chi connectivity index (χ4n) is 3.85. The molecule has 0 spiro atoms. The first-order valence-corrected chi connectivity index (χ1v) is 10.8. The lowest BCUT2D eigenvalue weighted by Crippen LogP contribution is -2.36. The van der Waals surface area contributed by atoms with Crippen molar-refractivity contribution in [3.05, 3.63) is 95.6 Å². The number of amides is 1. The minimum absolute atomic E-state index is 0.138. The topological polar surface area (TPSA) is 34.5 Å². The first-order valence-electron chi connectivity index (χ1n) is 10.8. The third-order valence-electron chi connectivity index (χ3n) is 5.54. The van der Waals surface area contributed by atoms with Gasteiger partial charge in [0.25, 0.3) is 0 Å². The van der Waals surface area contributed by atoms with Gasteiger partial charge in [-0.1, -0.05) is 49.4 Å². The van der Waals surface area contributed by atoms with Gasteiger partial charge in [-0.05, 0) is 48.2 Å². The average Bonchev–Trinajstić information content (AvgIpc) is 3.22. The fourth-order valence-corrected chi connectivity index (χ4v) is 3.85. The Hall–Kier alpha value is -2.92. The number of carbonyl (C=O) groups excluding carboxylic acids is 1. The largest absolute Gasteiger partial charge is 0.385 e. The molecule has 0 aliphatic carbocycles. The molecule has 3 aromatic rings. The highest BCUT2D eigenvalue weighted by Gasteiger charge is 2.25. The fraction of sp³-hybridized carbons (Fsp3) is 0.346. The summed E-state index contributed by atoms with van der Waals surface area (Å²) in [6.45, 7) is 4.47. The van der Waals surface area contributed by atoms with E-state index in [0.29, 0.717) is 26.2 Å². The molecular weight excluding hydrogens is 391 g/mol. The number of aromatic nitrogens is 1. The minimum atomic E-state index is -0.238. The number of nitrogens with zero attached hydrogens (tertiary/aromatic N) is 2. The van der Waals surface area contributed by atoms with Gasteiger partial charge in [0.2, 0.25) is 5.91 Å². The Labute approximate surface area is 184 Å². The number of halogens is 1. The van der Waals surface area contributed by atoms with Crippen LogP contribution in [0.1, 0.15) is 42.5 Å². The third-order valence-corrected chi connectivity index (χ3v) is 5.54. The Kier molecular flexibility index (Phi) is 8.42. The molecule has 0 radical (unpaired) electrons. The molecule has 1 amide bonds. The summed E-state index contributed by atoms with van der Waals surface area (Å²) in [5.74, 6) is -0.262. The second-order valence-corrected chi connectivity index (χ2v) is 7.73. The number of hydrogen-bond donors (Lipinski definition) is 0. The van der Waals surface area contributed by atoms with Gasteiger partial charge >= 0.3 is 0 Å². The zero-order chi connectivity index (χ0) is 22.1. The zero-order valence-corrected chi connectivity index (χ0v) is 18.3. The number of benzene rings is 2. The predicted molar refractivity (Wildman–Crippen MR) is 121 cm³/mol. The second kappa shape index (κ2) is 11.5. The van der Waals surface area contributed by atoms with Crippen molar-refractivity contribution in [3.8, 4) is 0 Å². The second-order valence-electron chi connectivity index (χ2n) is 7.73. The maximum Gasteiger partial charge on any atom is 0.230 e. The Balaban J connectivity index is 1.79. The smallest absolute Gasteiger partial charge is 0.230 e. The van der Waals surface area contributed by atoms with Crippen LogP contribution in [0.25, 0.3) is 0 Å². The lowest BCUT2D eigenvalue weighted by molar-refractivity contribution is -0.133. The van der Waals surface area contributed by atoms with Gasteiger partial charge in [0.05, 0.1) is 12.5 Å². The van der Waals surface area contributed by atoms with Gasteiger partial charge in [-0.3, -0.25) is 4.79 Å². The molecule has 2 aromatic carbocycles. The Morgan fingerprint density at radius 2 is 1.81 bits per heavy atom. The van der Waals surface area contributed by atoms with E-state index in [1.807, 2.05) is 53.6 Å². The quantitative estimate of drug-likeness (QED) is 0.396. The molecule has 0 saturated heterocycles. The van der Waals surface area contributed by atoms with Crippen LogP contribution in [0.15, 0.2) is 72.9 Å². The van der Waals surface area contributed by atoms with Crippen molar-refractivity contribution in [2.75, 3.05) is 20.3 Å². The van der Waals surface area contributed by atoms with E-state index in [9.17, 15) is 9.18 Å². The molecule has 4 nitrogen and oxygen atoms in total. The van der Waals surface area contributed by atoms with E-state index in [1.165, 1.54) is 12.1 Å². The molecule has 0 unspecified atom stereocenters. The number of ether oxygens (including phenoxy) is 1. The third kappa shape index (κ3) is 6.28. The number of rotatable bonds is 11. The van der Waals surface area contributed by atoms with Crippen LogP contribution >= 0.6 is 0 Å². The summed E-state index contributed by atoms with van der Waals surface area (Å²) in [4.78, 5) is 15.5. The summed E-state index contributed by atoms with van der Waals surface area (Å²) in [5.41, 5.74) is 3.12. The van der Waals surface area contributed by atoms with Crippen LogP contribution in [-0.4, -0.2) is 35.6 Å². The minimum Gasteiger partial charge on any atom is -0.385 e. The standard InChI is InChI=1S/C26H31FN2O2/c1-3-25(22-9-5-4-6-10-22)26(30)29(17-8-18-31-2)20-24-11-7-16-28(24)19-21-12-14-23(27)15-13-21/h4-7,9-16,25H,3,8,17-20H2,1-2H3/t25-/m1/s1. The van der Waals surface area contributed by atoms with E-state index in [0.717, 1.165) is 29.7 Å². The van der Waals surface area contributed by atoms with Crippen LogP contribution in [0, 0.1) is 5.82 Å². The van der Waals surface area contributed by atoms with Crippen molar-refractivity contribution in [2.24, 2.45) is 0 Å². The first-order chi connectivity index (χ1) is 15.1. The molecule has 0 N–H and O–H groups in total. The van der Waals surface area contributed by atoms with Gasteiger partial charge in [-0.25, -0.2) is 4.39 Å². The molecule has 0 aliphatic rings. The summed E-state index contributed by atoms with van der Waals surface area (Å²) in [7, 11) is 1.68. The molecular formula is C26H31FN2O2. The van der Waals surface area contributed by atoms with E-state index < -0.39 is 0 Å². The van der Waals surface area contributed by atoms with Crippen molar-refractivity contribution in [2.45, 2.75) is 38.8 Å². The maximum atomic E-state index is 13.5. The predicted octanol–water partition coefficient (Wildman–Crippen LogP) is 5.23. The van der Waals surface area contributed by atoms with Crippen LogP contribution in [0.4, 0.5) is 4.39 Å². The van der Waals surface area contributed by atoms with E-state index in [4.69, 9.17) is 4.74 Å². The zero-order valence-electron chi connectivity index (χ0n) is 18.3. The summed E-state index contributed by atoms with van der Waals surface area (Å²) >= 11 is 0. The Bertz CT molecular complexity index is 938. The Morgan fingerprint density at radius 3 is 2.48 bits per heavy atom. The highest BCUT2D eigenvalue weighted by molar-refractivity contribution is 5.83. The van der Waals surface area contributed by atoms with Crippen LogP contribution in [0.3, 0.4) is 0 Å². The van der Waals surface area contributed by atoms with Gasteiger partial charge < -0.3 is 14.2 Å². The van der Waals surface area contributed by atoms with E-state index in [1.54, 1.807) is 19.2 Å². The van der Waals surface area contributed by atoms with Gasteiger partial charge in [-0.2, -0.15) is 0 Å². The summed E-state index contributed by atoms with van der Waals surface area (Å²) < 4.78 is 20.6. The molecule has 1 aromatic heterocycles. The molecule has 3 rings (SSSR count). The van der Waals surface area contributed by atoms with Crippen molar-refractivity contribution >= 4 is 5.91 Å². The van der Waals surface area contributed by atoms with Crippen molar-refractivity contribution in [1.29, 1.82) is 0 Å². The van der Waals surface area contributed by atoms with E-state index in [2.05, 4.69) is 11.5 Å². The lowest BCUT2D eigenvalue weighted by atomic mass is 9.95. The van der Waals surface area contributed by atoms with Gasteiger partial charge in [0.15, 0.2) is 0 Å². The summed E-state index contributed by atoms with van der Waals surface area (Å²) in [6.07, 6.45) is 3.54. The molecule has 0 aliphatic heterocycles. The van der Waals surface area contributed by atoms with Crippen molar-refractivity contribution < 1.29 is 13.9 Å². The van der Waals surface area contributed by atoms with Gasteiger partial charge in [-0.15, -0.1) is 0 Å². The summed E-state index contributed by atoms with van der Waals surface area (Å²) in [5, 5.41) is 0. The van der Waals surface area contributed by atoms with E-state index >= 15 is 0 Å².